The lowest BCUT2D eigenvalue weighted by Gasteiger charge is -1.84. The second-order valence-corrected chi connectivity index (χ2v) is 0.966. The maximum atomic E-state index is 9.44. The van der Waals surface area contributed by atoms with Crippen LogP contribution >= 0.6 is 0 Å². The average Bonchev–Trinajstić information content (AvgIpc) is 1.69. The number of carbonyl (C=O) groups excluding carboxylic acids is 2. The summed E-state index contributed by atoms with van der Waals surface area (Å²) >= 11 is 0. The van der Waals surface area contributed by atoms with E-state index >= 15 is 0 Å². The first kappa shape index (κ1) is 6.14. The van der Waals surface area contributed by atoms with Crippen LogP contribution in [0.2, 0.25) is 0 Å². The summed E-state index contributed by atoms with van der Waals surface area (Å²) in [5, 5.41) is 2.31. The molecule has 0 aliphatic rings. The zero-order chi connectivity index (χ0) is 5.54. The molecule has 0 fully saturated rings. The lowest BCUT2D eigenvalue weighted by atomic mass is 10.5. The molecule has 39 valence electrons. The topological polar surface area (TPSA) is 46.2 Å². The van der Waals surface area contributed by atoms with Gasteiger partial charge in [-0.05, 0) is 0 Å². The van der Waals surface area contributed by atoms with Crippen LogP contribution in [0.25, 0.3) is 0 Å². The van der Waals surface area contributed by atoms with E-state index in [2.05, 4.69) is 5.32 Å². The van der Waals surface area contributed by atoms with Gasteiger partial charge in [-0.3, -0.25) is 9.59 Å². The van der Waals surface area contributed by atoms with Gasteiger partial charge in [0.25, 0.3) is 0 Å². The van der Waals surface area contributed by atoms with Crippen molar-refractivity contribution in [2.75, 3.05) is 6.54 Å². The summed E-state index contributed by atoms with van der Waals surface area (Å²) in [7, 11) is 0. The Morgan fingerprint density at radius 2 is 2.43 bits per heavy atom. The highest BCUT2D eigenvalue weighted by Gasteiger charge is 1.77. The Morgan fingerprint density at radius 3 is 2.86 bits per heavy atom. The monoisotopic (exact) mass is 100 g/mol. The van der Waals surface area contributed by atoms with Crippen molar-refractivity contribution in [1.82, 2.24) is 5.32 Å². The minimum absolute atomic E-state index is 0.277. The molecule has 0 saturated carbocycles. The van der Waals surface area contributed by atoms with Crippen molar-refractivity contribution in [2.24, 2.45) is 0 Å². The van der Waals surface area contributed by atoms with Crippen LogP contribution in [-0.2, 0) is 9.59 Å². The molecular formula is C4H6NO2. The van der Waals surface area contributed by atoms with Crippen molar-refractivity contribution in [2.45, 2.75) is 6.42 Å². The third-order valence-electron chi connectivity index (χ3n) is 0.455. The second kappa shape index (κ2) is 5.14. The number of hydrogen-bond donors (Lipinski definition) is 1. The maximum absolute atomic E-state index is 9.44. The van der Waals surface area contributed by atoms with E-state index in [9.17, 15) is 9.59 Å². The molecule has 0 aliphatic carbocycles. The largest absolute Gasteiger partial charge is 0.358 e. The van der Waals surface area contributed by atoms with Gasteiger partial charge in [0.05, 0.1) is 0 Å². The number of nitrogens with one attached hydrogen (secondary N) is 1. The maximum Gasteiger partial charge on any atom is 0.207 e. The van der Waals surface area contributed by atoms with Crippen LogP contribution in [0.15, 0.2) is 0 Å². The van der Waals surface area contributed by atoms with Gasteiger partial charge in [0.1, 0.15) is 0 Å². The molecule has 0 aliphatic heterocycles. The van der Waals surface area contributed by atoms with Gasteiger partial charge in [0, 0.05) is 13.0 Å². The Labute approximate surface area is 41.7 Å². The molecule has 0 aromatic heterocycles. The average molecular weight is 100 g/mol. The number of hydrogen-bond acceptors (Lipinski definition) is 2. The zero-order valence-corrected chi connectivity index (χ0v) is 3.81. The number of rotatable bonds is 4. The standard InChI is InChI=1S/C4H6NO2/c6-3-1-2-5-4-7/h4H,1-2H2,(H,5,7). The molecule has 0 unspecified atom stereocenters. The summed E-state index contributed by atoms with van der Waals surface area (Å²) in [6, 6.07) is 0. The second-order valence-electron chi connectivity index (χ2n) is 0.966. The number of amides is 1. The quantitative estimate of drug-likeness (QED) is 0.372. The lowest BCUT2D eigenvalue weighted by molar-refractivity contribution is -0.109. The summed E-state index contributed by atoms with van der Waals surface area (Å²) in [5.41, 5.74) is 0. The van der Waals surface area contributed by atoms with Gasteiger partial charge in [-0.1, -0.05) is 0 Å². The SMILES string of the molecule is O=[C]CCNC=O. The summed E-state index contributed by atoms with van der Waals surface area (Å²) in [6.45, 7) is 0.396. The first-order valence-electron chi connectivity index (χ1n) is 1.94. The molecule has 1 radical (unpaired) electrons. The molecule has 7 heavy (non-hydrogen) atoms. The van der Waals surface area contributed by atoms with E-state index in [0.717, 1.165) is 0 Å². The molecular weight excluding hydrogens is 94.0 g/mol. The van der Waals surface area contributed by atoms with E-state index in [1.54, 1.807) is 6.29 Å². The first-order valence-corrected chi connectivity index (χ1v) is 1.94. The van der Waals surface area contributed by atoms with Gasteiger partial charge in [-0.15, -0.1) is 0 Å². The van der Waals surface area contributed by atoms with Crippen molar-refractivity contribution < 1.29 is 9.59 Å². The Balaban J connectivity index is 2.68. The minimum atomic E-state index is 0.277. The smallest absolute Gasteiger partial charge is 0.207 e. The van der Waals surface area contributed by atoms with Gasteiger partial charge in [-0.25, -0.2) is 0 Å². The third kappa shape index (κ3) is 5.14. The van der Waals surface area contributed by atoms with Gasteiger partial charge in [0.2, 0.25) is 6.41 Å². The summed E-state index contributed by atoms with van der Waals surface area (Å²) in [4.78, 5) is 18.8. The Kier molecular flexibility index (Phi) is 4.51. The van der Waals surface area contributed by atoms with Gasteiger partial charge < -0.3 is 5.32 Å². The highest BCUT2D eigenvalue weighted by Crippen LogP contribution is 1.60. The molecule has 1 N–H and O–H groups in total. The highest BCUT2D eigenvalue weighted by atomic mass is 16.1. The predicted molar refractivity (Wildman–Crippen MR) is 24.4 cm³/mol. The van der Waals surface area contributed by atoms with E-state index < -0.39 is 0 Å². The van der Waals surface area contributed by atoms with Gasteiger partial charge >= 0.3 is 0 Å². The van der Waals surface area contributed by atoms with E-state index in [4.69, 9.17) is 0 Å². The van der Waals surface area contributed by atoms with Gasteiger partial charge in [0.15, 0.2) is 6.29 Å². The molecule has 0 heterocycles. The zero-order valence-electron chi connectivity index (χ0n) is 3.81. The molecule has 0 saturated heterocycles. The van der Waals surface area contributed by atoms with Crippen molar-refractivity contribution in [3.05, 3.63) is 0 Å². The molecule has 0 rings (SSSR count). The lowest BCUT2D eigenvalue weighted by Crippen LogP contribution is -2.11. The van der Waals surface area contributed by atoms with E-state index in [1.165, 1.54) is 0 Å². The van der Waals surface area contributed by atoms with Crippen molar-refractivity contribution >= 4 is 12.7 Å². The molecule has 0 spiro atoms. The summed E-state index contributed by atoms with van der Waals surface area (Å²) < 4.78 is 0. The highest BCUT2D eigenvalue weighted by molar-refractivity contribution is 5.52. The predicted octanol–water partition coefficient (Wildman–Crippen LogP) is -0.768. The van der Waals surface area contributed by atoms with Crippen LogP contribution in [0.1, 0.15) is 6.42 Å². The van der Waals surface area contributed by atoms with E-state index in [-0.39, 0.29) is 6.42 Å². The fraction of sp³-hybridized carbons (Fsp3) is 0.500. The Morgan fingerprint density at radius 1 is 1.71 bits per heavy atom. The molecule has 0 bridgehead atoms. The van der Waals surface area contributed by atoms with Gasteiger partial charge in [-0.2, -0.15) is 0 Å². The van der Waals surface area contributed by atoms with Crippen molar-refractivity contribution in [3.63, 3.8) is 0 Å². The fourth-order valence-corrected chi connectivity index (χ4v) is 0.182. The first-order chi connectivity index (χ1) is 3.41. The van der Waals surface area contributed by atoms with Crippen LogP contribution in [0.5, 0.6) is 0 Å². The van der Waals surface area contributed by atoms with Crippen molar-refractivity contribution in [3.8, 4) is 0 Å². The Hall–Kier alpha value is -0.860. The molecule has 0 atom stereocenters. The normalized spacial score (nSPS) is 7.43. The minimum Gasteiger partial charge on any atom is -0.358 e. The molecule has 0 aromatic carbocycles. The van der Waals surface area contributed by atoms with Crippen LogP contribution < -0.4 is 5.32 Å². The van der Waals surface area contributed by atoms with Crippen molar-refractivity contribution in [1.29, 1.82) is 0 Å². The molecule has 3 nitrogen and oxygen atoms in total. The third-order valence-corrected chi connectivity index (χ3v) is 0.455. The van der Waals surface area contributed by atoms with Crippen LogP contribution in [-0.4, -0.2) is 19.2 Å². The molecule has 1 amide bonds. The molecule has 3 heteroatoms. The Bertz CT molecular complexity index is 54.7. The molecule has 0 aromatic rings. The number of carbonyl (C=O) groups is 1. The summed E-state index contributed by atoms with van der Waals surface area (Å²) in [6.07, 6.45) is 2.46. The van der Waals surface area contributed by atoms with Crippen LogP contribution in [0.4, 0.5) is 0 Å². The summed E-state index contributed by atoms with van der Waals surface area (Å²) in [5.74, 6) is 0. The fourth-order valence-electron chi connectivity index (χ4n) is 0.182. The van der Waals surface area contributed by atoms with E-state index in [1.807, 2.05) is 0 Å². The van der Waals surface area contributed by atoms with Crippen LogP contribution in [0, 0.1) is 0 Å². The van der Waals surface area contributed by atoms with Crippen LogP contribution in [0.3, 0.4) is 0 Å². The van der Waals surface area contributed by atoms with E-state index in [0.29, 0.717) is 13.0 Å².